The molecule has 0 unspecified atom stereocenters. The van der Waals surface area contributed by atoms with Gasteiger partial charge in [-0.15, -0.1) is 11.3 Å². The summed E-state index contributed by atoms with van der Waals surface area (Å²) in [5, 5.41) is 0. The average Bonchev–Trinajstić information content (AvgIpc) is 3.24. The van der Waals surface area contributed by atoms with Crippen LogP contribution >= 0.6 is 11.3 Å². The first-order valence-electron chi connectivity index (χ1n) is 11.0. The largest absolute Gasteiger partial charge is 0.378 e. The molecule has 10 heteroatoms. The maximum Gasteiger partial charge on any atom is 0.264 e. The Hall–Kier alpha value is -2.72. The van der Waals surface area contributed by atoms with Crippen molar-refractivity contribution in [3.05, 3.63) is 43.5 Å². The van der Waals surface area contributed by atoms with Crippen molar-refractivity contribution in [1.29, 1.82) is 0 Å². The Morgan fingerprint density at radius 3 is 2.38 bits per heavy atom. The smallest absolute Gasteiger partial charge is 0.264 e. The molecule has 0 aliphatic carbocycles. The number of rotatable bonds is 5. The van der Waals surface area contributed by atoms with Gasteiger partial charge in [-0.25, -0.2) is 4.98 Å². The highest BCUT2D eigenvalue weighted by Gasteiger charge is 2.26. The summed E-state index contributed by atoms with van der Waals surface area (Å²) in [6.07, 6.45) is 0.602. The second kappa shape index (κ2) is 9.83. The van der Waals surface area contributed by atoms with E-state index < -0.39 is 0 Å². The maximum absolute atomic E-state index is 12.7. The van der Waals surface area contributed by atoms with Gasteiger partial charge in [0, 0.05) is 61.8 Å². The highest BCUT2D eigenvalue weighted by Crippen LogP contribution is 2.18. The van der Waals surface area contributed by atoms with Crippen molar-refractivity contribution in [2.45, 2.75) is 26.7 Å². The summed E-state index contributed by atoms with van der Waals surface area (Å²) in [5.74, 6) is 0.594. The second-order valence-electron chi connectivity index (χ2n) is 8.14. The number of hydrogen-bond acceptors (Lipinski definition) is 7. The molecule has 0 radical (unpaired) electrons. The van der Waals surface area contributed by atoms with Crippen LogP contribution in [0.3, 0.4) is 0 Å². The number of ether oxygens (including phenoxy) is 1. The van der Waals surface area contributed by atoms with Crippen molar-refractivity contribution in [3.8, 4) is 0 Å². The quantitative estimate of drug-likeness (QED) is 0.722. The lowest BCUT2D eigenvalue weighted by Gasteiger charge is -2.34. The molecule has 2 amide bonds. The standard InChI is InChI=1S/C22H29N5O4S/c1-15-3-5-18(32-15)21(30)26-9-7-25(8-10-26)19(28)6-4-17-16(2)23-22(24-20(17)29)27-11-13-31-14-12-27/h3,5H,4,6-14H2,1-2H3,(H,23,24,29). The monoisotopic (exact) mass is 459 g/mol. The van der Waals surface area contributed by atoms with Crippen LogP contribution in [0.25, 0.3) is 0 Å². The average molecular weight is 460 g/mol. The van der Waals surface area contributed by atoms with E-state index in [4.69, 9.17) is 4.74 Å². The first-order chi connectivity index (χ1) is 15.4. The minimum Gasteiger partial charge on any atom is -0.378 e. The van der Waals surface area contributed by atoms with Gasteiger partial charge in [-0.05, 0) is 32.4 Å². The number of morpholine rings is 1. The third-order valence-electron chi connectivity index (χ3n) is 5.98. The van der Waals surface area contributed by atoms with Crippen LogP contribution in [0.5, 0.6) is 0 Å². The highest BCUT2D eigenvalue weighted by molar-refractivity contribution is 7.13. The van der Waals surface area contributed by atoms with Crippen molar-refractivity contribution in [1.82, 2.24) is 19.8 Å². The van der Waals surface area contributed by atoms with Gasteiger partial charge < -0.3 is 19.4 Å². The van der Waals surface area contributed by atoms with E-state index in [1.807, 2.05) is 30.9 Å². The SMILES string of the molecule is Cc1ccc(C(=O)N2CCN(C(=O)CCc3c(C)nc(N4CCOCC4)[nH]c3=O)CC2)s1. The summed E-state index contributed by atoms with van der Waals surface area (Å²) in [6.45, 7) is 8.49. The number of hydrogen-bond donors (Lipinski definition) is 1. The first kappa shape index (κ1) is 22.5. The van der Waals surface area contributed by atoms with E-state index in [2.05, 4.69) is 9.97 Å². The van der Waals surface area contributed by atoms with Crippen molar-refractivity contribution in [2.24, 2.45) is 0 Å². The third kappa shape index (κ3) is 5.02. The summed E-state index contributed by atoms with van der Waals surface area (Å²) >= 11 is 1.50. The number of piperazine rings is 1. The van der Waals surface area contributed by atoms with E-state index >= 15 is 0 Å². The zero-order valence-corrected chi connectivity index (χ0v) is 19.4. The van der Waals surface area contributed by atoms with E-state index in [0.717, 1.165) is 9.75 Å². The van der Waals surface area contributed by atoms with E-state index in [1.54, 1.807) is 9.80 Å². The van der Waals surface area contributed by atoms with Gasteiger partial charge in [0.1, 0.15) is 0 Å². The van der Waals surface area contributed by atoms with Crippen LogP contribution < -0.4 is 10.5 Å². The lowest BCUT2D eigenvalue weighted by molar-refractivity contribution is -0.132. The Morgan fingerprint density at radius 1 is 1.06 bits per heavy atom. The number of amides is 2. The number of carbonyl (C=O) groups excluding carboxylic acids is 2. The Morgan fingerprint density at radius 2 is 1.75 bits per heavy atom. The molecule has 0 bridgehead atoms. The fourth-order valence-corrected chi connectivity index (χ4v) is 4.90. The molecule has 2 aliphatic rings. The summed E-state index contributed by atoms with van der Waals surface area (Å²) in [5.41, 5.74) is 1.02. The molecule has 0 saturated carbocycles. The van der Waals surface area contributed by atoms with Crippen LogP contribution in [-0.2, 0) is 16.0 Å². The molecule has 2 aliphatic heterocycles. The van der Waals surface area contributed by atoms with Crippen LogP contribution in [0, 0.1) is 13.8 Å². The van der Waals surface area contributed by atoms with E-state index in [1.165, 1.54) is 11.3 Å². The normalized spacial score (nSPS) is 17.0. The van der Waals surface area contributed by atoms with Gasteiger partial charge in [-0.3, -0.25) is 19.4 Å². The van der Waals surface area contributed by atoms with Gasteiger partial charge in [0.2, 0.25) is 11.9 Å². The molecular formula is C22H29N5O4S. The van der Waals surface area contributed by atoms with Crippen LogP contribution in [0.4, 0.5) is 5.95 Å². The number of aryl methyl sites for hydroxylation is 2. The Balaban J connectivity index is 1.30. The molecule has 2 fully saturated rings. The minimum atomic E-state index is -0.187. The molecule has 0 aromatic carbocycles. The van der Waals surface area contributed by atoms with Crippen LogP contribution in [0.1, 0.15) is 32.2 Å². The number of anilines is 1. The molecule has 2 saturated heterocycles. The molecule has 32 heavy (non-hydrogen) atoms. The van der Waals surface area contributed by atoms with Crippen LogP contribution in [0.2, 0.25) is 0 Å². The summed E-state index contributed by atoms with van der Waals surface area (Å²) in [7, 11) is 0. The third-order valence-corrected chi connectivity index (χ3v) is 6.97. The van der Waals surface area contributed by atoms with Crippen molar-refractivity contribution in [3.63, 3.8) is 0 Å². The number of carbonyl (C=O) groups is 2. The molecular weight excluding hydrogens is 430 g/mol. The van der Waals surface area contributed by atoms with Gasteiger partial charge in [0.25, 0.3) is 11.5 Å². The topological polar surface area (TPSA) is 98.8 Å². The highest BCUT2D eigenvalue weighted by atomic mass is 32.1. The number of nitrogens with zero attached hydrogens (tertiary/aromatic N) is 4. The van der Waals surface area contributed by atoms with Gasteiger partial charge in [0.15, 0.2) is 0 Å². The number of aromatic amines is 1. The van der Waals surface area contributed by atoms with Crippen molar-refractivity contribution in [2.75, 3.05) is 57.4 Å². The molecule has 9 nitrogen and oxygen atoms in total. The molecule has 0 spiro atoms. The number of H-pyrrole nitrogens is 1. The second-order valence-corrected chi connectivity index (χ2v) is 9.42. The molecule has 1 N–H and O–H groups in total. The van der Waals surface area contributed by atoms with Crippen LogP contribution in [-0.4, -0.2) is 84.1 Å². The minimum absolute atomic E-state index is 0.000114. The predicted octanol–water partition coefficient (Wildman–Crippen LogP) is 1.20. The van der Waals surface area contributed by atoms with Gasteiger partial charge in [-0.2, -0.15) is 0 Å². The first-order valence-corrected chi connectivity index (χ1v) is 11.8. The summed E-state index contributed by atoms with van der Waals surface area (Å²) in [4.78, 5) is 52.8. The maximum atomic E-state index is 12.7. The lowest BCUT2D eigenvalue weighted by atomic mass is 10.1. The zero-order chi connectivity index (χ0) is 22.7. The fraction of sp³-hybridized carbons (Fsp3) is 0.545. The molecule has 2 aromatic heterocycles. The summed E-state index contributed by atoms with van der Waals surface area (Å²) in [6, 6.07) is 3.81. The number of thiophene rings is 1. The van der Waals surface area contributed by atoms with E-state index in [9.17, 15) is 14.4 Å². The van der Waals surface area contributed by atoms with E-state index in [-0.39, 0.29) is 23.8 Å². The molecule has 172 valence electrons. The summed E-state index contributed by atoms with van der Waals surface area (Å²) < 4.78 is 5.35. The van der Waals surface area contributed by atoms with E-state index in [0.29, 0.717) is 76.1 Å². The van der Waals surface area contributed by atoms with Gasteiger partial charge in [0.05, 0.1) is 18.1 Å². The zero-order valence-electron chi connectivity index (χ0n) is 18.6. The van der Waals surface area contributed by atoms with Crippen molar-refractivity contribution >= 4 is 29.1 Å². The fourth-order valence-electron chi connectivity index (χ4n) is 4.07. The van der Waals surface area contributed by atoms with Gasteiger partial charge >= 0.3 is 0 Å². The van der Waals surface area contributed by atoms with Gasteiger partial charge in [-0.1, -0.05) is 0 Å². The Kier molecular flexibility index (Phi) is 6.90. The predicted molar refractivity (Wildman–Crippen MR) is 122 cm³/mol. The Bertz CT molecular complexity index is 1040. The lowest BCUT2D eigenvalue weighted by Crippen LogP contribution is -2.50. The molecule has 2 aromatic rings. The Labute approximate surface area is 191 Å². The molecule has 4 heterocycles. The van der Waals surface area contributed by atoms with Crippen molar-refractivity contribution < 1.29 is 14.3 Å². The number of nitrogens with one attached hydrogen (secondary N) is 1. The van der Waals surface area contributed by atoms with Crippen LogP contribution in [0.15, 0.2) is 16.9 Å². The number of aromatic nitrogens is 2. The molecule has 0 atom stereocenters. The molecule has 4 rings (SSSR count).